The lowest BCUT2D eigenvalue weighted by atomic mass is 10.1. The van der Waals surface area contributed by atoms with E-state index < -0.39 is 0 Å². The topological polar surface area (TPSA) is 50.1 Å². The Balaban J connectivity index is 2.21. The van der Waals surface area contributed by atoms with Crippen LogP contribution in [0.2, 0.25) is 0 Å². The van der Waals surface area contributed by atoms with Gasteiger partial charge in [0.25, 0.3) is 0 Å². The zero-order valence-electron chi connectivity index (χ0n) is 10.9. The highest BCUT2D eigenvalue weighted by atomic mass is 79.9. The number of benzene rings is 2. The highest BCUT2D eigenvalue weighted by Gasteiger charge is 2.09. The van der Waals surface area contributed by atoms with E-state index in [0.29, 0.717) is 23.5 Å². The number of hydrogen-bond donors (Lipinski definition) is 0. The Morgan fingerprint density at radius 3 is 2.55 bits per heavy atom. The molecule has 0 bridgehead atoms. The van der Waals surface area contributed by atoms with Crippen molar-refractivity contribution in [3.8, 4) is 11.8 Å². The predicted octanol–water partition coefficient (Wildman–Crippen LogP) is 4.10. The van der Waals surface area contributed by atoms with E-state index in [1.165, 1.54) is 6.92 Å². The summed E-state index contributed by atoms with van der Waals surface area (Å²) in [7, 11) is 0. The van der Waals surface area contributed by atoms with Gasteiger partial charge in [0.1, 0.15) is 12.4 Å². The third-order valence-electron chi connectivity index (χ3n) is 2.80. The average molecular weight is 330 g/mol. The fraction of sp³-hybridized carbons (Fsp3) is 0.125. The van der Waals surface area contributed by atoms with Gasteiger partial charge in [-0.05, 0) is 42.8 Å². The molecule has 0 aliphatic rings. The number of rotatable bonds is 4. The predicted molar refractivity (Wildman–Crippen MR) is 79.6 cm³/mol. The first-order chi connectivity index (χ1) is 9.60. The molecule has 0 aromatic heterocycles. The molecule has 2 rings (SSSR count). The molecule has 2 aromatic rings. The Labute approximate surface area is 125 Å². The molecule has 0 amide bonds. The van der Waals surface area contributed by atoms with Crippen molar-refractivity contribution in [2.75, 3.05) is 0 Å². The molecule has 100 valence electrons. The van der Waals surface area contributed by atoms with E-state index in [1.54, 1.807) is 18.2 Å². The van der Waals surface area contributed by atoms with Crippen LogP contribution in [0.4, 0.5) is 0 Å². The van der Waals surface area contributed by atoms with Gasteiger partial charge in [-0.3, -0.25) is 4.79 Å². The second kappa shape index (κ2) is 6.36. The van der Waals surface area contributed by atoms with Crippen LogP contribution in [0.1, 0.15) is 28.4 Å². The molecule has 0 fully saturated rings. The maximum Gasteiger partial charge on any atom is 0.163 e. The number of halogens is 1. The van der Waals surface area contributed by atoms with E-state index in [-0.39, 0.29) is 5.78 Å². The Hall–Kier alpha value is -2.12. The number of hydrogen-bond acceptors (Lipinski definition) is 3. The molecule has 4 heteroatoms. The summed E-state index contributed by atoms with van der Waals surface area (Å²) in [4.78, 5) is 11.6. The second-order valence-corrected chi connectivity index (χ2v) is 5.21. The fourth-order valence-electron chi connectivity index (χ4n) is 1.74. The van der Waals surface area contributed by atoms with E-state index in [9.17, 15) is 4.79 Å². The van der Waals surface area contributed by atoms with Gasteiger partial charge in [0.05, 0.1) is 17.2 Å². The average Bonchev–Trinajstić information content (AvgIpc) is 2.46. The monoisotopic (exact) mass is 329 g/mol. The zero-order valence-corrected chi connectivity index (χ0v) is 12.5. The summed E-state index contributed by atoms with van der Waals surface area (Å²) in [6.45, 7) is 1.83. The molecule has 0 aliphatic heterocycles. The summed E-state index contributed by atoms with van der Waals surface area (Å²) in [5, 5.41) is 8.91. The van der Waals surface area contributed by atoms with Gasteiger partial charge in [0.15, 0.2) is 5.78 Å². The van der Waals surface area contributed by atoms with Crippen LogP contribution in [0.3, 0.4) is 0 Å². The van der Waals surface area contributed by atoms with Gasteiger partial charge in [-0.1, -0.05) is 28.1 Å². The molecule has 0 heterocycles. The van der Waals surface area contributed by atoms with Crippen molar-refractivity contribution < 1.29 is 9.53 Å². The lowest BCUT2D eigenvalue weighted by Crippen LogP contribution is -2.02. The summed E-state index contributed by atoms with van der Waals surface area (Å²) in [5.41, 5.74) is 1.95. The Morgan fingerprint density at radius 1 is 1.25 bits per heavy atom. The lowest BCUT2D eigenvalue weighted by molar-refractivity contribution is 0.101. The molecule has 0 spiro atoms. The third-order valence-corrected chi connectivity index (χ3v) is 3.33. The first-order valence-electron chi connectivity index (χ1n) is 6.02. The summed E-state index contributed by atoms with van der Waals surface area (Å²) < 4.78 is 6.68. The van der Waals surface area contributed by atoms with Crippen molar-refractivity contribution in [2.45, 2.75) is 13.5 Å². The summed E-state index contributed by atoms with van der Waals surface area (Å²) in [6.07, 6.45) is 0. The molecule has 0 radical (unpaired) electrons. The van der Waals surface area contributed by atoms with Crippen molar-refractivity contribution in [3.05, 3.63) is 63.6 Å². The van der Waals surface area contributed by atoms with Gasteiger partial charge in [-0.15, -0.1) is 0 Å². The van der Waals surface area contributed by atoms with Crippen LogP contribution in [-0.2, 0) is 6.61 Å². The third kappa shape index (κ3) is 3.46. The summed E-state index contributed by atoms with van der Waals surface area (Å²) in [6, 6.07) is 14.6. The molecule has 0 unspecified atom stereocenters. The minimum absolute atomic E-state index is 0.0831. The summed E-state index contributed by atoms with van der Waals surface area (Å²) in [5.74, 6) is 0.361. The van der Waals surface area contributed by atoms with Gasteiger partial charge in [-0.2, -0.15) is 5.26 Å². The van der Waals surface area contributed by atoms with Crippen molar-refractivity contribution in [3.63, 3.8) is 0 Å². The van der Waals surface area contributed by atoms with Crippen LogP contribution in [-0.4, -0.2) is 5.78 Å². The van der Waals surface area contributed by atoms with Crippen LogP contribution in [0.5, 0.6) is 5.75 Å². The SMILES string of the molecule is CC(=O)c1ccc(C#N)cc1OCc1ccc(Br)cc1. The number of carbonyl (C=O) groups excluding carboxylic acids is 1. The second-order valence-electron chi connectivity index (χ2n) is 4.29. The number of carbonyl (C=O) groups is 1. The normalized spacial score (nSPS) is 9.85. The smallest absolute Gasteiger partial charge is 0.163 e. The van der Waals surface area contributed by atoms with Crippen molar-refractivity contribution >= 4 is 21.7 Å². The molecule has 0 saturated heterocycles. The molecular formula is C16H12BrNO2. The van der Waals surface area contributed by atoms with E-state index in [1.807, 2.05) is 30.3 Å². The number of ketones is 1. The standard InChI is InChI=1S/C16H12BrNO2/c1-11(19)15-7-4-13(9-18)8-16(15)20-10-12-2-5-14(17)6-3-12/h2-8H,10H2,1H3. The molecule has 2 aromatic carbocycles. The van der Waals surface area contributed by atoms with Crippen LogP contribution >= 0.6 is 15.9 Å². The Bertz CT molecular complexity index is 672. The lowest BCUT2D eigenvalue weighted by Gasteiger charge is -2.10. The molecular weight excluding hydrogens is 318 g/mol. The fourth-order valence-corrected chi connectivity index (χ4v) is 2.01. The Morgan fingerprint density at radius 2 is 1.95 bits per heavy atom. The summed E-state index contributed by atoms with van der Waals surface area (Å²) >= 11 is 3.37. The molecule has 0 saturated carbocycles. The van der Waals surface area contributed by atoms with E-state index in [4.69, 9.17) is 10.00 Å². The maximum absolute atomic E-state index is 11.6. The van der Waals surface area contributed by atoms with Crippen LogP contribution < -0.4 is 4.74 Å². The Kier molecular flexibility index (Phi) is 4.54. The number of nitriles is 1. The van der Waals surface area contributed by atoms with E-state index in [2.05, 4.69) is 15.9 Å². The van der Waals surface area contributed by atoms with Crippen molar-refractivity contribution in [1.29, 1.82) is 5.26 Å². The number of nitrogens with zero attached hydrogens (tertiary/aromatic N) is 1. The molecule has 0 atom stereocenters. The zero-order chi connectivity index (χ0) is 14.5. The largest absolute Gasteiger partial charge is 0.488 e. The van der Waals surface area contributed by atoms with Crippen molar-refractivity contribution in [2.24, 2.45) is 0 Å². The first kappa shape index (κ1) is 14.3. The van der Waals surface area contributed by atoms with Crippen LogP contribution in [0.25, 0.3) is 0 Å². The minimum atomic E-state index is -0.0831. The van der Waals surface area contributed by atoms with Gasteiger partial charge >= 0.3 is 0 Å². The molecule has 0 N–H and O–H groups in total. The van der Waals surface area contributed by atoms with Gasteiger partial charge in [-0.25, -0.2) is 0 Å². The van der Waals surface area contributed by atoms with Gasteiger partial charge in [0, 0.05) is 4.47 Å². The van der Waals surface area contributed by atoms with Crippen LogP contribution in [0.15, 0.2) is 46.9 Å². The van der Waals surface area contributed by atoms with E-state index >= 15 is 0 Å². The van der Waals surface area contributed by atoms with E-state index in [0.717, 1.165) is 10.0 Å². The molecule has 3 nitrogen and oxygen atoms in total. The number of ether oxygens (including phenoxy) is 1. The quantitative estimate of drug-likeness (QED) is 0.793. The van der Waals surface area contributed by atoms with Crippen LogP contribution in [0, 0.1) is 11.3 Å². The molecule has 0 aliphatic carbocycles. The molecule has 20 heavy (non-hydrogen) atoms. The van der Waals surface area contributed by atoms with Crippen molar-refractivity contribution in [1.82, 2.24) is 0 Å². The minimum Gasteiger partial charge on any atom is -0.488 e. The van der Waals surface area contributed by atoms with Gasteiger partial charge < -0.3 is 4.74 Å². The highest BCUT2D eigenvalue weighted by Crippen LogP contribution is 2.22. The van der Waals surface area contributed by atoms with Gasteiger partial charge in [0.2, 0.25) is 0 Å². The maximum atomic E-state index is 11.6. The number of Topliss-reactive ketones (excluding diaryl/α,β-unsaturated/α-hetero) is 1. The first-order valence-corrected chi connectivity index (χ1v) is 6.82. The highest BCUT2D eigenvalue weighted by molar-refractivity contribution is 9.10.